The molecule has 0 fully saturated rings. The van der Waals surface area contributed by atoms with Gasteiger partial charge in [0, 0.05) is 0 Å². The molecular formula is C13H19BrO3. The zero-order valence-corrected chi connectivity index (χ0v) is 12.1. The smallest absolute Gasteiger partial charge is 0.175 e. The lowest BCUT2D eigenvalue weighted by atomic mass is 10.0. The maximum atomic E-state index is 9.97. The zero-order valence-electron chi connectivity index (χ0n) is 10.5. The van der Waals surface area contributed by atoms with Crippen LogP contribution in [0.5, 0.6) is 11.5 Å². The Labute approximate surface area is 111 Å². The van der Waals surface area contributed by atoms with Crippen molar-refractivity contribution in [3.05, 3.63) is 22.2 Å². The molecule has 17 heavy (non-hydrogen) atoms. The van der Waals surface area contributed by atoms with Crippen LogP contribution in [0.15, 0.2) is 16.6 Å². The van der Waals surface area contributed by atoms with Gasteiger partial charge in [0.2, 0.25) is 0 Å². The van der Waals surface area contributed by atoms with Crippen molar-refractivity contribution in [3.63, 3.8) is 0 Å². The molecule has 1 rings (SSSR count). The van der Waals surface area contributed by atoms with Crippen LogP contribution in [0.25, 0.3) is 0 Å². The molecule has 1 N–H and O–H groups in total. The van der Waals surface area contributed by atoms with Gasteiger partial charge < -0.3 is 14.6 Å². The minimum Gasteiger partial charge on any atom is -0.493 e. The molecule has 4 heteroatoms. The van der Waals surface area contributed by atoms with E-state index in [1.807, 2.05) is 26.0 Å². The third kappa shape index (κ3) is 3.61. The summed E-state index contributed by atoms with van der Waals surface area (Å²) >= 11 is 3.44. The molecule has 0 aliphatic carbocycles. The van der Waals surface area contributed by atoms with E-state index in [2.05, 4.69) is 15.9 Å². The normalized spacial score (nSPS) is 12.3. The third-order valence-corrected chi connectivity index (χ3v) is 3.08. The molecule has 0 saturated carbocycles. The van der Waals surface area contributed by atoms with Gasteiger partial charge in [-0.1, -0.05) is 13.3 Å². The fourth-order valence-corrected chi connectivity index (χ4v) is 2.23. The molecule has 1 atom stereocenters. The monoisotopic (exact) mass is 302 g/mol. The van der Waals surface area contributed by atoms with E-state index in [-0.39, 0.29) is 0 Å². The first-order valence-electron chi connectivity index (χ1n) is 5.82. The topological polar surface area (TPSA) is 38.7 Å². The lowest BCUT2D eigenvalue weighted by molar-refractivity contribution is 0.166. The number of hydrogen-bond acceptors (Lipinski definition) is 3. The summed E-state index contributed by atoms with van der Waals surface area (Å²) in [5.74, 6) is 1.33. The highest BCUT2D eigenvalue weighted by atomic mass is 79.9. The predicted molar refractivity (Wildman–Crippen MR) is 71.7 cm³/mol. The Balaban J connectivity index is 3.07. The van der Waals surface area contributed by atoms with Crippen molar-refractivity contribution >= 4 is 15.9 Å². The van der Waals surface area contributed by atoms with Crippen molar-refractivity contribution in [1.29, 1.82) is 0 Å². The number of rotatable bonds is 6. The molecular weight excluding hydrogens is 284 g/mol. The van der Waals surface area contributed by atoms with Gasteiger partial charge >= 0.3 is 0 Å². The maximum absolute atomic E-state index is 9.97. The highest BCUT2D eigenvalue weighted by molar-refractivity contribution is 9.10. The van der Waals surface area contributed by atoms with E-state index in [1.54, 1.807) is 7.11 Å². The van der Waals surface area contributed by atoms with Crippen LogP contribution < -0.4 is 9.47 Å². The first kappa shape index (κ1) is 14.3. The highest BCUT2D eigenvalue weighted by Gasteiger charge is 2.15. The van der Waals surface area contributed by atoms with Crippen LogP contribution in [0, 0.1) is 0 Å². The fraction of sp³-hybridized carbons (Fsp3) is 0.538. The number of methoxy groups -OCH3 is 1. The van der Waals surface area contributed by atoms with Gasteiger partial charge in [-0.2, -0.15) is 0 Å². The minimum absolute atomic E-state index is 0.458. The van der Waals surface area contributed by atoms with Crippen molar-refractivity contribution < 1.29 is 14.6 Å². The first-order chi connectivity index (χ1) is 8.13. The number of hydrogen-bond donors (Lipinski definition) is 1. The Hall–Kier alpha value is -0.740. The molecule has 0 bridgehead atoms. The lowest BCUT2D eigenvalue weighted by Crippen LogP contribution is -2.01. The molecule has 0 saturated heterocycles. The van der Waals surface area contributed by atoms with Crippen molar-refractivity contribution in [2.24, 2.45) is 0 Å². The Kier molecular flexibility index (Phi) is 5.78. The summed E-state index contributed by atoms with van der Waals surface area (Å²) in [6.45, 7) is 4.54. The van der Waals surface area contributed by atoms with E-state index >= 15 is 0 Å². The summed E-state index contributed by atoms with van der Waals surface area (Å²) < 4.78 is 11.6. The molecule has 0 radical (unpaired) electrons. The first-order valence-corrected chi connectivity index (χ1v) is 6.61. The van der Waals surface area contributed by atoms with Gasteiger partial charge in [0.25, 0.3) is 0 Å². The minimum atomic E-state index is -0.458. The van der Waals surface area contributed by atoms with E-state index in [9.17, 15) is 5.11 Å². The van der Waals surface area contributed by atoms with Gasteiger partial charge in [0.1, 0.15) is 0 Å². The summed E-state index contributed by atoms with van der Waals surface area (Å²) in [5.41, 5.74) is 0.846. The van der Waals surface area contributed by atoms with Gasteiger partial charge in [-0.25, -0.2) is 0 Å². The third-order valence-electron chi connectivity index (χ3n) is 2.49. The van der Waals surface area contributed by atoms with Crippen LogP contribution in [0.3, 0.4) is 0 Å². The number of halogens is 1. The predicted octanol–water partition coefficient (Wildman–Crippen LogP) is 3.69. The molecule has 0 aromatic heterocycles. The van der Waals surface area contributed by atoms with Crippen LogP contribution in [0.4, 0.5) is 0 Å². The summed E-state index contributed by atoms with van der Waals surface area (Å²) in [4.78, 5) is 0. The summed E-state index contributed by atoms with van der Waals surface area (Å²) in [5, 5.41) is 9.97. The molecule has 0 spiro atoms. The average molecular weight is 303 g/mol. The fourth-order valence-electron chi connectivity index (χ4n) is 1.66. The summed E-state index contributed by atoms with van der Waals surface area (Å²) in [7, 11) is 1.60. The molecule has 0 aliphatic rings. The molecule has 0 heterocycles. The van der Waals surface area contributed by atoms with Crippen molar-refractivity contribution in [1.82, 2.24) is 0 Å². The zero-order chi connectivity index (χ0) is 12.8. The van der Waals surface area contributed by atoms with Crippen LogP contribution in [-0.2, 0) is 0 Å². The van der Waals surface area contributed by atoms with Gasteiger partial charge in [0.15, 0.2) is 11.5 Å². The molecule has 1 aromatic rings. The Morgan fingerprint density at radius 3 is 2.59 bits per heavy atom. The van der Waals surface area contributed by atoms with E-state index in [4.69, 9.17) is 9.47 Å². The second-order valence-corrected chi connectivity index (χ2v) is 4.63. The number of aliphatic hydroxyl groups excluding tert-OH is 1. The van der Waals surface area contributed by atoms with Crippen molar-refractivity contribution in [2.45, 2.75) is 32.8 Å². The number of ether oxygens (including phenoxy) is 2. The van der Waals surface area contributed by atoms with E-state index in [0.29, 0.717) is 18.1 Å². The molecule has 0 aliphatic heterocycles. The van der Waals surface area contributed by atoms with Gasteiger partial charge in [-0.15, -0.1) is 0 Å². The molecule has 1 aromatic carbocycles. The Morgan fingerprint density at radius 2 is 2.06 bits per heavy atom. The second-order valence-electron chi connectivity index (χ2n) is 3.77. The van der Waals surface area contributed by atoms with Crippen LogP contribution in [-0.4, -0.2) is 18.8 Å². The maximum Gasteiger partial charge on any atom is 0.175 e. The summed E-state index contributed by atoms with van der Waals surface area (Å²) in [6.07, 6.45) is 1.22. The molecule has 1 unspecified atom stereocenters. The average Bonchev–Trinajstić information content (AvgIpc) is 2.31. The van der Waals surface area contributed by atoms with Crippen molar-refractivity contribution in [2.75, 3.05) is 13.7 Å². The number of benzene rings is 1. The van der Waals surface area contributed by atoms with E-state index < -0.39 is 6.10 Å². The Morgan fingerprint density at radius 1 is 1.35 bits per heavy atom. The molecule has 3 nitrogen and oxygen atoms in total. The largest absolute Gasteiger partial charge is 0.493 e. The van der Waals surface area contributed by atoms with Crippen LogP contribution in [0.1, 0.15) is 38.4 Å². The second kappa shape index (κ2) is 6.87. The standard InChI is InChI=1S/C13H19BrO3/c1-4-6-11(15)9-7-10(14)13(17-5-2)12(8-9)16-3/h7-8,11,15H,4-6H2,1-3H3. The van der Waals surface area contributed by atoms with Gasteiger partial charge in [-0.3, -0.25) is 0 Å². The molecule has 0 amide bonds. The van der Waals surface area contributed by atoms with Gasteiger partial charge in [0.05, 0.1) is 24.3 Å². The van der Waals surface area contributed by atoms with E-state index in [0.717, 1.165) is 22.9 Å². The SMILES string of the molecule is CCCC(O)c1cc(Br)c(OCC)c(OC)c1. The quantitative estimate of drug-likeness (QED) is 0.871. The van der Waals surface area contributed by atoms with Crippen LogP contribution >= 0.6 is 15.9 Å². The number of aliphatic hydroxyl groups is 1. The van der Waals surface area contributed by atoms with Crippen LogP contribution in [0.2, 0.25) is 0 Å². The molecule has 96 valence electrons. The van der Waals surface area contributed by atoms with Gasteiger partial charge in [-0.05, 0) is 47.0 Å². The van der Waals surface area contributed by atoms with Crippen molar-refractivity contribution in [3.8, 4) is 11.5 Å². The Bertz CT molecular complexity index is 366. The van der Waals surface area contributed by atoms with E-state index in [1.165, 1.54) is 0 Å². The highest BCUT2D eigenvalue weighted by Crippen LogP contribution is 2.38. The lowest BCUT2D eigenvalue weighted by Gasteiger charge is -2.16. The summed E-state index contributed by atoms with van der Waals surface area (Å²) in [6, 6.07) is 3.71.